The number of pyridine rings is 4. The monoisotopic (exact) mass is 1890 g/mol. The Balaban J connectivity index is 0.0000000953. The van der Waals surface area contributed by atoms with Crippen LogP contribution in [0.3, 0.4) is 0 Å². The molecule has 0 amide bonds. The molecule has 31 rings (SSSR count). The van der Waals surface area contributed by atoms with Gasteiger partial charge in [0.15, 0.2) is 23.3 Å². The summed E-state index contributed by atoms with van der Waals surface area (Å²) in [4.78, 5) is 58.3. The Kier molecular flexibility index (Phi) is 20.8. The molecule has 12 heterocycles. The normalized spacial score (nSPS) is 11.6. The average molecular weight is 1890 g/mol. The summed E-state index contributed by atoms with van der Waals surface area (Å²) in [7, 11) is 0. The molecular weight excluding hydrogens is 1810 g/mol. The van der Waals surface area contributed by atoms with E-state index in [0.29, 0.717) is 23.3 Å². The van der Waals surface area contributed by atoms with Gasteiger partial charge in [-0.3, -0.25) is 38.2 Å². The van der Waals surface area contributed by atoms with Crippen molar-refractivity contribution in [2.45, 2.75) is 0 Å². The van der Waals surface area contributed by atoms with Crippen LogP contribution in [0.2, 0.25) is 0 Å². The predicted molar refractivity (Wildman–Crippen MR) is 607 cm³/mol. The third kappa shape index (κ3) is 15.0. The molecule has 690 valence electrons. The number of fused-ring (bicyclic) bond motifs is 21. The van der Waals surface area contributed by atoms with Gasteiger partial charge in [0.1, 0.15) is 23.3 Å². The van der Waals surface area contributed by atoms with Gasteiger partial charge in [-0.1, -0.05) is 297 Å². The number of hydrogen-bond acceptors (Lipinski definition) is 12. The van der Waals surface area contributed by atoms with Gasteiger partial charge in [0, 0.05) is 135 Å². The van der Waals surface area contributed by atoms with Crippen LogP contribution in [0.1, 0.15) is 0 Å². The van der Waals surface area contributed by atoms with E-state index >= 15 is 0 Å². The Morgan fingerprint density at radius 2 is 0.453 bits per heavy atom. The van der Waals surface area contributed by atoms with Gasteiger partial charge < -0.3 is 0 Å². The predicted octanol–water partition coefficient (Wildman–Crippen LogP) is 32.3. The second-order valence-corrected chi connectivity index (χ2v) is 37.1. The van der Waals surface area contributed by atoms with Crippen molar-refractivity contribution in [3.05, 3.63) is 498 Å². The van der Waals surface area contributed by atoms with Crippen molar-refractivity contribution < 1.29 is 0 Å². The fraction of sp³-hybridized carbons (Fsp3) is 0. The van der Waals surface area contributed by atoms with Crippen LogP contribution in [0.15, 0.2) is 498 Å². The Bertz CT molecular complexity index is 10400. The smallest absolute Gasteiger partial charge is 0.164 e. The van der Waals surface area contributed by atoms with E-state index < -0.39 is 0 Å². The van der Waals surface area contributed by atoms with Crippen LogP contribution < -0.4 is 0 Å². The van der Waals surface area contributed by atoms with Crippen molar-refractivity contribution in [3.8, 4) is 91.2 Å². The molecule has 148 heavy (non-hydrogen) atoms. The summed E-state index contributed by atoms with van der Waals surface area (Å²) in [5, 5.41) is 24.6. The van der Waals surface area contributed by atoms with Gasteiger partial charge in [0.25, 0.3) is 0 Å². The maximum Gasteiger partial charge on any atom is 0.164 e. The van der Waals surface area contributed by atoms with Crippen LogP contribution >= 0.6 is 0 Å². The zero-order valence-electron chi connectivity index (χ0n) is 79.5. The van der Waals surface area contributed by atoms with E-state index in [1.807, 2.05) is 97.5 Å². The molecule has 0 saturated heterocycles. The lowest BCUT2D eigenvalue weighted by Crippen LogP contribution is -2.03. The van der Waals surface area contributed by atoms with Gasteiger partial charge >= 0.3 is 0 Å². The molecule has 0 radical (unpaired) electrons. The highest BCUT2D eigenvalue weighted by atomic mass is 15.1. The van der Waals surface area contributed by atoms with E-state index in [1.165, 1.54) is 86.2 Å². The van der Waals surface area contributed by atoms with Crippen molar-refractivity contribution in [1.82, 2.24) is 78.1 Å². The summed E-state index contributed by atoms with van der Waals surface area (Å²) in [5.41, 5.74) is 21.6. The molecule has 0 N–H and O–H groups in total. The molecular formula is C132H82N16. The van der Waals surface area contributed by atoms with Crippen LogP contribution in [0, 0.1) is 0 Å². The van der Waals surface area contributed by atoms with Gasteiger partial charge in [-0.05, 0) is 218 Å². The van der Waals surface area contributed by atoms with E-state index in [2.05, 4.69) is 420 Å². The van der Waals surface area contributed by atoms with E-state index in [4.69, 9.17) is 39.9 Å². The third-order valence-electron chi connectivity index (χ3n) is 28.4. The van der Waals surface area contributed by atoms with Crippen LogP contribution in [0.5, 0.6) is 0 Å². The van der Waals surface area contributed by atoms with E-state index in [-0.39, 0.29) is 0 Å². The molecule has 19 aromatic carbocycles. The van der Waals surface area contributed by atoms with Crippen molar-refractivity contribution in [1.29, 1.82) is 0 Å². The number of aromatic nitrogens is 16. The highest BCUT2D eigenvalue weighted by Crippen LogP contribution is 2.45. The van der Waals surface area contributed by atoms with E-state index in [1.54, 1.807) is 18.6 Å². The number of nitrogens with zero attached hydrogens (tertiary/aromatic N) is 16. The van der Waals surface area contributed by atoms with E-state index in [9.17, 15) is 0 Å². The highest BCUT2D eigenvalue weighted by Gasteiger charge is 2.26. The maximum atomic E-state index is 5.26. The zero-order chi connectivity index (χ0) is 97.6. The highest BCUT2D eigenvalue weighted by molar-refractivity contribution is 6.19. The second kappa shape index (κ2) is 36.0. The third-order valence-corrected chi connectivity index (χ3v) is 28.4. The molecule has 0 aliphatic carbocycles. The minimum absolute atomic E-state index is 0.671. The van der Waals surface area contributed by atoms with E-state index in [0.717, 1.165) is 167 Å². The molecule has 0 spiro atoms. The lowest BCUT2D eigenvalue weighted by molar-refractivity contribution is 1.07. The molecule has 0 aliphatic heterocycles. The minimum atomic E-state index is 0.671. The fourth-order valence-corrected chi connectivity index (χ4v) is 21.4. The topological polar surface area (TPSA) is 174 Å². The summed E-state index contributed by atoms with van der Waals surface area (Å²) >= 11 is 0. The summed E-state index contributed by atoms with van der Waals surface area (Å²) in [6.07, 6.45) is 10.9. The standard InChI is InChI=1S/2C35H22N4.C33H20N4.C29H18N4/c1-2-10-26-22-33-29(21-25(26)9-1)27-11-4-6-15-32(27)39(33)35-28-12-3-5-14-31(28)37-34(38-35)24-18-16-23(17-19-24)30-13-7-8-20-36-30;1-2-9-26-21-33-30(20-25(26)8-1)28-11-4-6-14-32(28)39(33)35-29-12-3-5-13-31(29)37-34(38-35)24-17-15-23(16-18-24)27-10-7-19-36-22-27;1-2-10-23-20-30-27(19-22(23)9-1)24-13-4-6-17-29(24)37(30)33-25-14-3-5-16-28(25)35-32(36-33)26-15-7-11-21-12-8-18-34-31(21)26;1-2-8-21-18-27-24(17-20(21)7-1)22-9-4-6-12-26(22)33(27)29-23-10-3-5-11-25(23)31-28(32-29)19-13-15-30-16-14-19/h2*1-22H;1-20H;1-18H. The molecule has 16 heteroatoms. The quantitative estimate of drug-likeness (QED) is 0.127. The first-order chi connectivity index (χ1) is 73.4. The molecule has 0 saturated carbocycles. The first-order valence-electron chi connectivity index (χ1n) is 49.4. The lowest BCUT2D eigenvalue weighted by atomic mass is 10.1. The number of hydrogen-bond donors (Lipinski definition) is 0. The molecule has 12 aromatic heterocycles. The average Bonchev–Trinajstić information content (AvgIpc) is 1.59. The zero-order valence-corrected chi connectivity index (χ0v) is 79.5. The Morgan fingerprint density at radius 1 is 0.155 bits per heavy atom. The maximum absolute atomic E-state index is 5.26. The Labute approximate surface area is 846 Å². The van der Waals surface area contributed by atoms with Crippen molar-refractivity contribution in [3.63, 3.8) is 0 Å². The van der Waals surface area contributed by atoms with Gasteiger partial charge in [0.2, 0.25) is 0 Å². The SMILES string of the molecule is c1ccc(-c2ccc(-c3nc(-n4c5ccccc5c5cc6ccccc6cc54)c4ccccc4n3)cc2)nc1.c1ccc2cc3c(cc2c1)c1ccccc1n3-c1nc(-c2cccc3cccnc23)nc2ccccc12.c1ccc2cc3c(cc2c1)c1ccccc1n3-c1nc(-c2ccncc2)nc2ccccc12.c1cncc(-c2ccc(-c3nc(-n4c5ccccc5c5cc6ccccc6cc54)c4ccccc4n3)cc2)c1. The molecule has 16 nitrogen and oxygen atoms in total. The second-order valence-electron chi connectivity index (χ2n) is 37.1. The van der Waals surface area contributed by atoms with Crippen LogP contribution in [0.4, 0.5) is 0 Å². The number of rotatable bonds is 10. The van der Waals surface area contributed by atoms with Crippen LogP contribution in [-0.2, 0) is 0 Å². The first-order valence-corrected chi connectivity index (χ1v) is 49.4. The van der Waals surface area contributed by atoms with Crippen LogP contribution in [0.25, 0.3) is 276 Å². The Morgan fingerprint density at radius 3 is 0.824 bits per heavy atom. The largest absolute Gasteiger partial charge is 0.293 e. The molecule has 0 atom stereocenters. The minimum Gasteiger partial charge on any atom is -0.293 e. The summed E-state index contributed by atoms with van der Waals surface area (Å²) < 4.78 is 9.18. The lowest BCUT2D eigenvalue weighted by Gasteiger charge is -2.13. The van der Waals surface area contributed by atoms with Crippen molar-refractivity contribution in [2.75, 3.05) is 0 Å². The van der Waals surface area contributed by atoms with Crippen LogP contribution in [-0.4, -0.2) is 78.1 Å². The number of para-hydroxylation sites is 9. The first kappa shape index (κ1) is 85.6. The summed E-state index contributed by atoms with van der Waals surface area (Å²) in [5.74, 6) is 6.28. The number of benzene rings is 19. The van der Waals surface area contributed by atoms with Gasteiger partial charge in [0.05, 0.1) is 77.4 Å². The molecule has 0 aliphatic rings. The molecule has 31 aromatic rings. The van der Waals surface area contributed by atoms with Gasteiger partial charge in [-0.2, -0.15) is 0 Å². The van der Waals surface area contributed by atoms with Crippen molar-refractivity contribution in [2.24, 2.45) is 0 Å². The van der Waals surface area contributed by atoms with Gasteiger partial charge in [-0.25, -0.2) is 39.9 Å². The van der Waals surface area contributed by atoms with Crippen molar-refractivity contribution >= 4 is 185 Å². The molecule has 0 fully saturated rings. The summed E-state index contributed by atoms with van der Waals surface area (Å²) in [6.45, 7) is 0. The molecule has 0 unspecified atom stereocenters. The van der Waals surface area contributed by atoms with Gasteiger partial charge in [-0.15, -0.1) is 0 Å². The summed E-state index contributed by atoms with van der Waals surface area (Å²) in [6, 6.07) is 160. The fourth-order valence-electron chi connectivity index (χ4n) is 21.4. The Hall–Kier alpha value is -20.4. The molecule has 0 bridgehead atoms.